The Morgan fingerprint density at radius 1 is 0.850 bits per heavy atom. The van der Waals surface area contributed by atoms with Gasteiger partial charge < -0.3 is 9.38 Å². The van der Waals surface area contributed by atoms with Crippen molar-refractivity contribution in [3.63, 3.8) is 0 Å². The molecule has 5 heteroatoms. The second-order valence-electron chi connectivity index (χ2n) is 5.97. The smallest absolute Gasteiger partial charge is 0.360 e. The van der Waals surface area contributed by atoms with Gasteiger partial charge in [0.25, 0.3) is 0 Å². The highest BCUT2D eigenvalue weighted by atomic mass is 19.4. The highest BCUT2D eigenvalue weighted by Gasteiger charge is 2.36. The molecule has 0 radical (unpaired) electrons. The first-order chi connectivity index (χ1) is 9.49. The van der Waals surface area contributed by atoms with E-state index in [2.05, 4.69) is 4.90 Å². The maximum absolute atomic E-state index is 12.5. The molecule has 2 fully saturated rings. The molecule has 20 heavy (non-hydrogen) atoms. The summed E-state index contributed by atoms with van der Waals surface area (Å²) in [5, 5.41) is 0. The zero-order valence-electron chi connectivity index (χ0n) is 11.5. The normalized spacial score (nSPS) is 22.4. The monoisotopic (exact) mass is 285 g/mol. The molecule has 0 bridgehead atoms. The van der Waals surface area contributed by atoms with Gasteiger partial charge in [-0.2, -0.15) is 13.2 Å². The van der Waals surface area contributed by atoms with Crippen LogP contribution in [0, 0.1) is 0 Å². The van der Waals surface area contributed by atoms with Gasteiger partial charge in [0.2, 0.25) is 0 Å². The lowest BCUT2D eigenvalue weighted by molar-refractivity contribution is -0.917. The van der Waals surface area contributed by atoms with E-state index in [9.17, 15) is 13.2 Å². The fraction of sp³-hybridized carbons (Fsp3) is 0.600. The topological polar surface area (TPSA) is 3.24 Å². The number of nitrogens with zero attached hydrogens (tertiary/aromatic N) is 2. The van der Waals surface area contributed by atoms with E-state index in [1.54, 1.807) is 12.1 Å². The van der Waals surface area contributed by atoms with Crippen molar-refractivity contribution >= 4 is 5.69 Å². The van der Waals surface area contributed by atoms with Crippen molar-refractivity contribution < 1.29 is 17.7 Å². The standard InChI is InChI=1S/C15H20F3N2/c16-15(17,18)13-3-5-14(6-4-13)19-7-11-20(12-8-19)9-1-2-10-20/h3-6H,1-2,7-12H2/q+1. The predicted molar refractivity (Wildman–Crippen MR) is 72.6 cm³/mol. The maximum Gasteiger partial charge on any atom is 0.416 e. The largest absolute Gasteiger partial charge is 0.416 e. The van der Waals surface area contributed by atoms with Crippen LogP contribution in [0.5, 0.6) is 0 Å². The molecule has 0 aromatic heterocycles. The number of rotatable bonds is 1. The van der Waals surface area contributed by atoms with Crippen LogP contribution in [0.4, 0.5) is 18.9 Å². The molecular weight excluding hydrogens is 265 g/mol. The maximum atomic E-state index is 12.5. The molecule has 1 spiro atoms. The van der Waals surface area contributed by atoms with Crippen LogP contribution in [-0.2, 0) is 6.18 Å². The van der Waals surface area contributed by atoms with Gasteiger partial charge in [-0.05, 0) is 24.3 Å². The molecule has 2 aliphatic rings. The molecule has 0 aliphatic carbocycles. The predicted octanol–water partition coefficient (Wildman–Crippen LogP) is 3.14. The Balaban J connectivity index is 1.66. The Kier molecular flexibility index (Phi) is 3.40. The van der Waals surface area contributed by atoms with Crippen molar-refractivity contribution in [1.29, 1.82) is 0 Å². The first kappa shape index (κ1) is 13.7. The third-order valence-corrected chi connectivity index (χ3v) is 4.76. The van der Waals surface area contributed by atoms with Crippen molar-refractivity contribution in [2.45, 2.75) is 19.0 Å². The van der Waals surface area contributed by atoms with E-state index in [-0.39, 0.29) is 0 Å². The third-order valence-electron chi connectivity index (χ3n) is 4.76. The molecule has 0 atom stereocenters. The first-order valence-electron chi connectivity index (χ1n) is 7.26. The number of halogens is 3. The Hall–Kier alpha value is -1.23. The summed E-state index contributed by atoms with van der Waals surface area (Å²) in [6.07, 6.45) is -1.61. The van der Waals surface area contributed by atoms with Crippen LogP contribution in [0.1, 0.15) is 18.4 Å². The molecule has 3 rings (SSSR count). The average molecular weight is 285 g/mol. The number of hydrogen-bond donors (Lipinski definition) is 0. The molecule has 2 aliphatic heterocycles. The van der Waals surface area contributed by atoms with E-state index in [1.165, 1.54) is 42.5 Å². The van der Waals surface area contributed by atoms with Crippen molar-refractivity contribution in [2.24, 2.45) is 0 Å². The molecule has 0 amide bonds. The van der Waals surface area contributed by atoms with E-state index in [4.69, 9.17) is 0 Å². The van der Waals surface area contributed by atoms with E-state index < -0.39 is 11.7 Å². The lowest BCUT2D eigenvalue weighted by Crippen LogP contribution is -2.58. The van der Waals surface area contributed by atoms with Gasteiger partial charge >= 0.3 is 6.18 Å². The molecule has 0 saturated carbocycles. The van der Waals surface area contributed by atoms with Crippen LogP contribution in [0.3, 0.4) is 0 Å². The van der Waals surface area contributed by atoms with Crippen molar-refractivity contribution in [3.8, 4) is 0 Å². The van der Waals surface area contributed by atoms with E-state index in [0.717, 1.165) is 31.9 Å². The number of quaternary nitrogens is 1. The number of alkyl halides is 3. The third kappa shape index (κ3) is 2.64. The second-order valence-corrected chi connectivity index (χ2v) is 5.97. The van der Waals surface area contributed by atoms with E-state index >= 15 is 0 Å². The van der Waals surface area contributed by atoms with Crippen LogP contribution in [0.25, 0.3) is 0 Å². The van der Waals surface area contributed by atoms with Crippen LogP contribution in [-0.4, -0.2) is 43.8 Å². The summed E-state index contributed by atoms with van der Waals surface area (Å²) in [5.74, 6) is 0. The Bertz CT molecular complexity index is 451. The number of hydrogen-bond acceptors (Lipinski definition) is 1. The minimum absolute atomic E-state index is 0.568. The van der Waals surface area contributed by atoms with Crippen LogP contribution in [0.15, 0.2) is 24.3 Å². The van der Waals surface area contributed by atoms with Crippen molar-refractivity contribution in [1.82, 2.24) is 0 Å². The molecule has 1 aromatic rings. The Morgan fingerprint density at radius 3 is 1.90 bits per heavy atom. The van der Waals surface area contributed by atoms with E-state index in [1.807, 2.05) is 0 Å². The fourth-order valence-corrected chi connectivity index (χ4v) is 3.46. The lowest BCUT2D eigenvalue weighted by Gasteiger charge is -2.42. The minimum atomic E-state index is -4.24. The second kappa shape index (κ2) is 4.95. The highest BCUT2D eigenvalue weighted by Crippen LogP contribution is 2.31. The molecule has 2 nitrogen and oxygen atoms in total. The lowest BCUT2D eigenvalue weighted by atomic mass is 10.1. The Morgan fingerprint density at radius 2 is 1.40 bits per heavy atom. The first-order valence-corrected chi connectivity index (χ1v) is 7.26. The number of piperazine rings is 1. The molecule has 110 valence electrons. The summed E-state index contributed by atoms with van der Waals surface area (Å²) in [6, 6.07) is 5.57. The van der Waals surface area contributed by atoms with Crippen LogP contribution >= 0.6 is 0 Å². The van der Waals surface area contributed by atoms with Gasteiger partial charge in [-0.15, -0.1) is 0 Å². The van der Waals surface area contributed by atoms with Gasteiger partial charge in [0, 0.05) is 18.5 Å². The highest BCUT2D eigenvalue weighted by molar-refractivity contribution is 5.48. The Labute approximate surface area is 117 Å². The van der Waals surface area contributed by atoms with Gasteiger partial charge in [-0.3, -0.25) is 0 Å². The van der Waals surface area contributed by atoms with E-state index in [0.29, 0.717) is 0 Å². The average Bonchev–Trinajstić information content (AvgIpc) is 2.87. The fourth-order valence-electron chi connectivity index (χ4n) is 3.46. The summed E-state index contributed by atoms with van der Waals surface area (Å²) < 4.78 is 38.9. The van der Waals surface area contributed by atoms with Gasteiger partial charge in [-0.1, -0.05) is 0 Å². The molecule has 1 aromatic carbocycles. The van der Waals surface area contributed by atoms with Gasteiger partial charge in [0.15, 0.2) is 0 Å². The van der Waals surface area contributed by atoms with Crippen molar-refractivity contribution in [2.75, 3.05) is 44.2 Å². The number of benzene rings is 1. The molecule has 2 heterocycles. The summed E-state index contributed by atoms with van der Waals surface area (Å²) >= 11 is 0. The molecule has 2 saturated heterocycles. The van der Waals surface area contributed by atoms with Crippen LogP contribution < -0.4 is 4.90 Å². The van der Waals surface area contributed by atoms with Gasteiger partial charge in [0.1, 0.15) is 0 Å². The zero-order valence-corrected chi connectivity index (χ0v) is 11.5. The summed E-state index contributed by atoms with van der Waals surface area (Å²) in [5.41, 5.74) is 0.344. The minimum Gasteiger partial charge on any atom is -0.360 e. The van der Waals surface area contributed by atoms with Crippen LogP contribution in [0.2, 0.25) is 0 Å². The summed E-state index contributed by atoms with van der Waals surface area (Å²) in [6.45, 7) is 6.71. The zero-order chi connectivity index (χ0) is 14.2. The van der Waals surface area contributed by atoms with Gasteiger partial charge in [0.05, 0.1) is 44.8 Å². The van der Waals surface area contributed by atoms with Crippen molar-refractivity contribution in [3.05, 3.63) is 29.8 Å². The SMILES string of the molecule is FC(F)(F)c1ccc(N2CC[N+]3(CCCC3)CC2)cc1. The summed E-state index contributed by atoms with van der Waals surface area (Å²) in [4.78, 5) is 2.21. The molecular formula is C15H20F3N2+. The molecule has 0 unspecified atom stereocenters. The quantitative estimate of drug-likeness (QED) is 0.717. The number of anilines is 1. The summed E-state index contributed by atoms with van der Waals surface area (Å²) in [7, 11) is 0. The van der Waals surface area contributed by atoms with Gasteiger partial charge in [-0.25, -0.2) is 0 Å². The molecule has 0 N–H and O–H groups in total.